The van der Waals surface area contributed by atoms with Crippen LogP contribution in [0.4, 0.5) is 5.82 Å². The van der Waals surface area contributed by atoms with Gasteiger partial charge in [-0.2, -0.15) is 0 Å². The highest BCUT2D eigenvalue weighted by Crippen LogP contribution is 2.24. The molecular weight excluding hydrogens is 212 g/mol. The van der Waals surface area contributed by atoms with E-state index >= 15 is 0 Å². The van der Waals surface area contributed by atoms with Crippen molar-refractivity contribution in [3.63, 3.8) is 0 Å². The Bertz CT molecular complexity index is 386. The van der Waals surface area contributed by atoms with Crippen molar-refractivity contribution in [3.8, 4) is 0 Å². The number of Topliss-reactive ketones (excluding diaryl/α,β-unsaturated/α-hetero) is 1. The van der Waals surface area contributed by atoms with Crippen LogP contribution in [-0.2, 0) is 4.79 Å². The molecule has 0 N–H and O–H groups in total. The molecule has 0 amide bonds. The topological polar surface area (TPSA) is 33.2 Å². The van der Waals surface area contributed by atoms with Crippen molar-refractivity contribution in [3.05, 3.63) is 23.9 Å². The van der Waals surface area contributed by atoms with Crippen LogP contribution in [-0.4, -0.2) is 23.4 Å². The highest BCUT2D eigenvalue weighted by molar-refractivity contribution is 5.86. The Labute approximate surface area is 103 Å². The number of carbonyl (C=O) groups excluding carboxylic acids is 1. The van der Waals surface area contributed by atoms with Crippen LogP contribution in [0.2, 0.25) is 0 Å². The predicted molar refractivity (Wildman–Crippen MR) is 69.3 cm³/mol. The molecule has 1 aromatic rings. The first-order valence-electron chi connectivity index (χ1n) is 6.44. The summed E-state index contributed by atoms with van der Waals surface area (Å²) in [6.45, 7) is 4.92. The van der Waals surface area contributed by atoms with Crippen LogP contribution < -0.4 is 4.90 Å². The van der Waals surface area contributed by atoms with Gasteiger partial charge in [0.25, 0.3) is 0 Å². The molecule has 2 heterocycles. The molecule has 0 bridgehead atoms. The van der Waals surface area contributed by atoms with E-state index < -0.39 is 0 Å². The Morgan fingerprint density at radius 2 is 2.29 bits per heavy atom. The standard InChI is InChI=1S/C14H20N2O/c1-3-13(17)12-6-4-5-9-16(12)14-8-7-11(2)10-15-14/h7-8,10,12H,3-6,9H2,1-2H3. The lowest BCUT2D eigenvalue weighted by atomic mass is 9.97. The van der Waals surface area contributed by atoms with Crippen LogP contribution in [0.1, 0.15) is 38.2 Å². The molecule has 0 saturated carbocycles. The molecule has 17 heavy (non-hydrogen) atoms. The lowest BCUT2D eigenvalue weighted by Gasteiger charge is -2.35. The smallest absolute Gasteiger partial charge is 0.155 e. The Morgan fingerprint density at radius 3 is 2.94 bits per heavy atom. The maximum absolute atomic E-state index is 11.9. The minimum atomic E-state index is 0.0453. The van der Waals surface area contributed by atoms with E-state index in [1.807, 2.05) is 26.1 Å². The molecule has 1 aliphatic heterocycles. The first-order chi connectivity index (χ1) is 8.22. The second kappa shape index (κ2) is 5.30. The van der Waals surface area contributed by atoms with Crippen molar-refractivity contribution in [2.75, 3.05) is 11.4 Å². The Hall–Kier alpha value is -1.38. The third-order valence-corrected chi connectivity index (χ3v) is 3.41. The molecule has 0 aromatic carbocycles. The summed E-state index contributed by atoms with van der Waals surface area (Å²) in [6.07, 6.45) is 5.77. The van der Waals surface area contributed by atoms with Crippen molar-refractivity contribution in [2.45, 2.75) is 45.6 Å². The van der Waals surface area contributed by atoms with E-state index in [0.29, 0.717) is 12.2 Å². The summed E-state index contributed by atoms with van der Waals surface area (Å²) in [5.74, 6) is 1.29. The first kappa shape index (κ1) is 12.1. The van der Waals surface area contributed by atoms with Crippen molar-refractivity contribution in [1.82, 2.24) is 4.98 Å². The first-order valence-corrected chi connectivity index (χ1v) is 6.44. The molecule has 3 heteroatoms. The van der Waals surface area contributed by atoms with Gasteiger partial charge in [0.05, 0.1) is 6.04 Å². The fourth-order valence-electron chi connectivity index (χ4n) is 2.41. The second-order valence-corrected chi connectivity index (χ2v) is 4.72. The van der Waals surface area contributed by atoms with Crippen LogP contribution >= 0.6 is 0 Å². The van der Waals surface area contributed by atoms with Gasteiger partial charge in [-0.3, -0.25) is 4.79 Å². The van der Waals surface area contributed by atoms with Crippen LogP contribution in [0.15, 0.2) is 18.3 Å². The Kier molecular flexibility index (Phi) is 3.77. The van der Waals surface area contributed by atoms with Gasteiger partial charge in [-0.15, -0.1) is 0 Å². The van der Waals surface area contributed by atoms with E-state index in [4.69, 9.17) is 0 Å². The fraction of sp³-hybridized carbons (Fsp3) is 0.571. The van der Waals surface area contributed by atoms with Gasteiger partial charge in [-0.25, -0.2) is 4.98 Å². The van der Waals surface area contributed by atoms with Gasteiger partial charge in [-0.05, 0) is 37.8 Å². The number of ketones is 1. The number of aromatic nitrogens is 1. The van der Waals surface area contributed by atoms with Gasteiger partial charge >= 0.3 is 0 Å². The lowest BCUT2D eigenvalue weighted by Crippen LogP contribution is -2.45. The van der Waals surface area contributed by atoms with Gasteiger partial charge in [0.15, 0.2) is 5.78 Å². The zero-order valence-electron chi connectivity index (χ0n) is 10.6. The summed E-state index contributed by atoms with van der Waals surface area (Å²) in [5, 5.41) is 0. The molecule has 1 aromatic heterocycles. The fourth-order valence-corrected chi connectivity index (χ4v) is 2.41. The molecule has 92 valence electrons. The van der Waals surface area contributed by atoms with Gasteiger partial charge in [-0.1, -0.05) is 13.0 Å². The third kappa shape index (κ3) is 2.65. The monoisotopic (exact) mass is 232 g/mol. The van der Waals surface area contributed by atoms with E-state index in [9.17, 15) is 4.79 Å². The van der Waals surface area contributed by atoms with Crippen LogP contribution in [0.3, 0.4) is 0 Å². The number of carbonyl (C=O) groups is 1. The zero-order valence-corrected chi connectivity index (χ0v) is 10.6. The SMILES string of the molecule is CCC(=O)C1CCCCN1c1ccc(C)cn1. The Balaban J connectivity index is 2.21. The molecule has 1 fully saturated rings. The van der Waals surface area contributed by atoms with Crippen molar-refractivity contribution >= 4 is 11.6 Å². The van der Waals surface area contributed by atoms with E-state index in [1.165, 1.54) is 0 Å². The van der Waals surface area contributed by atoms with E-state index in [2.05, 4.69) is 16.0 Å². The van der Waals surface area contributed by atoms with Crippen LogP contribution in [0.25, 0.3) is 0 Å². The van der Waals surface area contributed by atoms with E-state index in [-0.39, 0.29) is 6.04 Å². The highest BCUT2D eigenvalue weighted by Gasteiger charge is 2.28. The minimum absolute atomic E-state index is 0.0453. The maximum Gasteiger partial charge on any atom is 0.155 e. The van der Waals surface area contributed by atoms with Crippen LogP contribution in [0.5, 0.6) is 0 Å². The van der Waals surface area contributed by atoms with Gasteiger partial charge in [0.2, 0.25) is 0 Å². The van der Waals surface area contributed by atoms with E-state index in [1.54, 1.807) is 0 Å². The lowest BCUT2D eigenvalue weighted by molar-refractivity contribution is -0.120. The number of aryl methyl sites for hydroxylation is 1. The number of anilines is 1. The van der Waals surface area contributed by atoms with Gasteiger partial charge < -0.3 is 4.90 Å². The number of hydrogen-bond donors (Lipinski definition) is 0. The second-order valence-electron chi connectivity index (χ2n) is 4.72. The number of rotatable bonds is 3. The van der Waals surface area contributed by atoms with Gasteiger partial charge in [0.1, 0.15) is 5.82 Å². The van der Waals surface area contributed by atoms with Gasteiger partial charge in [0, 0.05) is 19.2 Å². The molecule has 3 nitrogen and oxygen atoms in total. The van der Waals surface area contributed by atoms with E-state index in [0.717, 1.165) is 37.2 Å². The van der Waals surface area contributed by atoms with Crippen LogP contribution in [0, 0.1) is 6.92 Å². The van der Waals surface area contributed by atoms with Crippen molar-refractivity contribution in [1.29, 1.82) is 0 Å². The summed E-state index contributed by atoms with van der Waals surface area (Å²) in [6, 6.07) is 4.13. The molecular formula is C14H20N2O. The molecule has 0 spiro atoms. The number of piperidine rings is 1. The quantitative estimate of drug-likeness (QED) is 0.803. The zero-order chi connectivity index (χ0) is 12.3. The molecule has 1 unspecified atom stereocenters. The minimum Gasteiger partial charge on any atom is -0.347 e. The summed E-state index contributed by atoms with van der Waals surface area (Å²) in [4.78, 5) is 18.6. The summed E-state index contributed by atoms with van der Waals surface area (Å²) >= 11 is 0. The molecule has 1 aliphatic rings. The maximum atomic E-state index is 11.9. The van der Waals surface area contributed by atoms with Crippen molar-refractivity contribution < 1.29 is 4.79 Å². The summed E-state index contributed by atoms with van der Waals surface area (Å²) in [7, 11) is 0. The normalized spacial score (nSPS) is 20.4. The Morgan fingerprint density at radius 1 is 1.47 bits per heavy atom. The molecule has 1 saturated heterocycles. The number of pyridine rings is 1. The third-order valence-electron chi connectivity index (χ3n) is 3.41. The summed E-state index contributed by atoms with van der Waals surface area (Å²) in [5.41, 5.74) is 1.16. The van der Waals surface area contributed by atoms with Crippen molar-refractivity contribution in [2.24, 2.45) is 0 Å². The molecule has 0 radical (unpaired) electrons. The average molecular weight is 232 g/mol. The predicted octanol–water partition coefficient (Wildman–Crippen LogP) is 2.73. The largest absolute Gasteiger partial charge is 0.347 e. The molecule has 0 aliphatic carbocycles. The molecule has 1 atom stereocenters. The highest BCUT2D eigenvalue weighted by atomic mass is 16.1. The number of hydrogen-bond acceptors (Lipinski definition) is 3. The summed E-state index contributed by atoms with van der Waals surface area (Å²) < 4.78 is 0. The average Bonchev–Trinajstić information content (AvgIpc) is 2.39. The number of nitrogens with zero attached hydrogens (tertiary/aromatic N) is 2. The molecule has 2 rings (SSSR count).